The lowest BCUT2D eigenvalue weighted by molar-refractivity contribution is -0.118. The molecule has 0 aliphatic carbocycles. The Morgan fingerprint density at radius 3 is 2.48 bits per heavy atom. The predicted octanol–water partition coefficient (Wildman–Crippen LogP) is 3.88. The lowest BCUT2D eigenvalue weighted by Gasteiger charge is -2.08. The molecule has 3 rings (SSSR count). The number of nitrogens with one attached hydrogen (secondary N) is 1. The first-order chi connectivity index (χ1) is 14.1. The molecule has 0 fully saturated rings. The fourth-order valence-corrected chi connectivity index (χ4v) is 3.44. The minimum atomic E-state index is -0.0555. The van der Waals surface area contributed by atoms with Crippen LogP contribution in [-0.4, -0.2) is 35.8 Å². The molecule has 0 atom stereocenters. The average molecular weight is 410 g/mol. The summed E-state index contributed by atoms with van der Waals surface area (Å²) in [6.45, 7) is 2.37. The summed E-state index contributed by atoms with van der Waals surface area (Å²) in [4.78, 5) is 21.3. The van der Waals surface area contributed by atoms with Crippen LogP contribution in [0, 0.1) is 6.92 Å². The van der Waals surface area contributed by atoms with Crippen LogP contribution in [0.5, 0.6) is 11.5 Å². The molecule has 7 heteroatoms. The van der Waals surface area contributed by atoms with E-state index < -0.39 is 0 Å². The van der Waals surface area contributed by atoms with Crippen molar-refractivity contribution in [1.29, 1.82) is 0 Å². The number of carbonyl (C=O) groups is 1. The van der Waals surface area contributed by atoms with E-state index in [4.69, 9.17) is 9.47 Å². The summed E-state index contributed by atoms with van der Waals surface area (Å²) in [7, 11) is 3.25. The fraction of sp³-hybridized carbons (Fsp3) is 0.227. The van der Waals surface area contributed by atoms with E-state index in [-0.39, 0.29) is 11.7 Å². The van der Waals surface area contributed by atoms with E-state index in [1.54, 1.807) is 14.2 Å². The minimum Gasteiger partial charge on any atom is -0.497 e. The van der Waals surface area contributed by atoms with E-state index in [9.17, 15) is 4.79 Å². The molecule has 0 unspecified atom stereocenters. The molecule has 0 aliphatic heterocycles. The van der Waals surface area contributed by atoms with Gasteiger partial charge in [-0.05, 0) is 55.0 Å². The minimum absolute atomic E-state index is 0.0555. The van der Waals surface area contributed by atoms with Crippen molar-refractivity contribution in [2.75, 3.05) is 20.0 Å². The van der Waals surface area contributed by atoms with Gasteiger partial charge in [-0.1, -0.05) is 23.9 Å². The van der Waals surface area contributed by atoms with Crippen LogP contribution >= 0.6 is 11.8 Å². The van der Waals surface area contributed by atoms with Gasteiger partial charge in [0.1, 0.15) is 16.5 Å². The molecule has 1 amide bonds. The average Bonchev–Trinajstić information content (AvgIpc) is 2.76. The number of aromatic nitrogens is 2. The number of amides is 1. The van der Waals surface area contributed by atoms with Gasteiger partial charge in [0, 0.05) is 17.8 Å². The van der Waals surface area contributed by atoms with Crippen molar-refractivity contribution in [3.63, 3.8) is 0 Å². The first kappa shape index (κ1) is 20.7. The van der Waals surface area contributed by atoms with Crippen LogP contribution in [0.25, 0.3) is 11.4 Å². The second-order valence-corrected chi connectivity index (χ2v) is 7.31. The standard InChI is InChI=1S/C22H23N3O3S/c1-15-11-21(25-22(24-15)17-7-9-18(27-2)10-8-17)29-14-20(26)23-13-16-5-4-6-19(12-16)28-3/h4-12H,13-14H2,1-3H3,(H,23,26). The normalized spacial score (nSPS) is 10.4. The summed E-state index contributed by atoms with van der Waals surface area (Å²) in [5, 5.41) is 3.69. The summed E-state index contributed by atoms with van der Waals surface area (Å²) in [5.41, 5.74) is 2.74. The molecule has 3 aromatic rings. The summed E-state index contributed by atoms with van der Waals surface area (Å²) < 4.78 is 10.4. The van der Waals surface area contributed by atoms with Gasteiger partial charge in [-0.15, -0.1) is 0 Å². The number of nitrogens with zero attached hydrogens (tertiary/aromatic N) is 2. The topological polar surface area (TPSA) is 73.3 Å². The van der Waals surface area contributed by atoms with Crippen LogP contribution in [0.4, 0.5) is 0 Å². The van der Waals surface area contributed by atoms with Gasteiger partial charge in [-0.3, -0.25) is 4.79 Å². The molecule has 150 valence electrons. The number of hydrogen-bond acceptors (Lipinski definition) is 6. The highest BCUT2D eigenvalue weighted by atomic mass is 32.2. The Kier molecular flexibility index (Phi) is 7.08. The smallest absolute Gasteiger partial charge is 0.230 e. The maximum atomic E-state index is 12.2. The first-order valence-corrected chi connectivity index (χ1v) is 10.1. The van der Waals surface area contributed by atoms with E-state index in [1.807, 2.05) is 61.5 Å². The molecule has 1 heterocycles. The molecule has 0 radical (unpaired) electrons. The Bertz CT molecular complexity index is 977. The number of methoxy groups -OCH3 is 2. The highest BCUT2D eigenvalue weighted by Crippen LogP contribution is 2.23. The van der Waals surface area contributed by atoms with Crippen LogP contribution in [-0.2, 0) is 11.3 Å². The van der Waals surface area contributed by atoms with Crippen molar-refractivity contribution in [2.24, 2.45) is 0 Å². The summed E-state index contributed by atoms with van der Waals surface area (Å²) in [6, 6.07) is 17.1. The molecule has 0 saturated heterocycles. The van der Waals surface area contributed by atoms with Crippen LogP contribution in [0.15, 0.2) is 59.6 Å². The number of benzene rings is 2. The van der Waals surface area contributed by atoms with Gasteiger partial charge in [0.25, 0.3) is 0 Å². The molecular formula is C22H23N3O3S. The Labute approximate surface area is 174 Å². The van der Waals surface area contributed by atoms with Crippen LogP contribution in [0.1, 0.15) is 11.3 Å². The van der Waals surface area contributed by atoms with Gasteiger partial charge in [0.2, 0.25) is 5.91 Å². The van der Waals surface area contributed by atoms with E-state index in [2.05, 4.69) is 15.3 Å². The highest BCUT2D eigenvalue weighted by molar-refractivity contribution is 7.99. The third-order valence-corrected chi connectivity index (χ3v) is 5.07. The van der Waals surface area contributed by atoms with Crippen LogP contribution in [0.3, 0.4) is 0 Å². The van der Waals surface area contributed by atoms with Gasteiger partial charge in [0.05, 0.1) is 20.0 Å². The lowest BCUT2D eigenvalue weighted by Crippen LogP contribution is -2.24. The number of rotatable bonds is 8. The molecule has 0 aliphatic rings. The molecule has 0 saturated carbocycles. The van der Waals surface area contributed by atoms with Gasteiger partial charge < -0.3 is 14.8 Å². The molecule has 6 nitrogen and oxygen atoms in total. The number of aryl methyl sites for hydroxylation is 1. The van der Waals surface area contributed by atoms with Crippen molar-refractivity contribution < 1.29 is 14.3 Å². The Morgan fingerprint density at radius 2 is 1.76 bits per heavy atom. The van der Waals surface area contributed by atoms with Crippen molar-refractivity contribution in [3.05, 3.63) is 65.9 Å². The quantitative estimate of drug-likeness (QED) is 0.450. The second-order valence-electron chi connectivity index (χ2n) is 6.32. The van der Waals surface area contributed by atoms with E-state index in [0.29, 0.717) is 12.4 Å². The molecule has 29 heavy (non-hydrogen) atoms. The zero-order chi connectivity index (χ0) is 20.6. The maximum Gasteiger partial charge on any atom is 0.230 e. The van der Waals surface area contributed by atoms with E-state index in [0.717, 1.165) is 33.3 Å². The van der Waals surface area contributed by atoms with Crippen molar-refractivity contribution in [1.82, 2.24) is 15.3 Å². The van der Waals surface area contributed by atoms with Crippen LogP contribution in [0.2, 0.25) is 0 Å². The SMILES string of the molecule is COc1ccc(-c2nc(C)cc(SCC(=O)NCc3cccc(OC)c3)n2)cc1. The Hall–Kier alpha value is -3.06. The van der Waals surface area contributed by atoms with Crippen LogP contribution < -0.4 is 14.8 Å². The summed E-state index contributed by atoms with van der Waals surface area (Å²) in [5.74, 6) is 2.41. The number of ether oxygens (including phenoxy) is 2. The van der Waals surface area contributed by atoms with Gasteiger partial charge >= 0.3 is 0 Å². The molecular weight excluding hydrogens is 386 g/mol. The van der Waals surface area contributed by atoms with Crippen molar-refractivity contribution in [2.45, 2.75) is 18.5 Å². The highest BCUT2D eigenvalue weighted by Gasteiger charge is 2.09. The third-order valence-electron chi connectivity index (χ3n) is 4.15. The number of thioether (sulfide) groups is 1. The summed E-state index contributed by atoms with van der Waals surface area (Å²) >= 11 is 1.39. The lowest BCUT2D eigenvalue weighted by atomic mass is 10.2. The molecule has 1 N–H and O–H groups in total. The van der Waals surface area contributed by atoms with E-state index >= 15 is 0 Å². The first-order valence-electron chi connectivity index (χ1n) is 9.10. The van der Waals surface area contributed by atoms with Gasteiger partial charge in [-0.25, -0.2) is 9.97 Å². The zero-order valence-corrected chi connectivity index (χ0v) is 17.5. The Morgan fingerprint density at radius 1 is 1.00 bits per heavy atom. The fourth-order valence-electron chi connectivity index (χ4n) is 2.66. The second kappa shape index (κ2) is 9.93. The van der Waals surface area contributed by atoms with Gasteiger partial charge in [0.15, 0.2) is 5.82 Å². The van der Waals surface area contributed by atoms with Crippen molar-refractivity contribution >= 4 is 17.7 Å². The van der Waals surface area contributed by atoms with Crippen molar-refractivity contribution in [3.8, 4) is 22.9 Å². The number of hydrogen-bond donors (Lipinski definition) is 1. The third kappa shape index (κ3) is 5.96. The van der Waals surface area contributed by atoms with E-state index in [1.165, 1.54) is 11.8 Å². The summed E-state index contributed by atoms with van der Waals surface area (Å²) in [6.07, 6.45) is 0. The molecule has 2 aromatic carbocycles. The maximum absolute atomic E-state index is 12.2. The monoisotopic (exact) mass is 409 g/mol. The molecule has 1 aromatic heterocycles. The largest absolute Gasteiger partial charge is 0.497 e. The molecule has 0 bridgehead atoms. The number of carbonyl (C=O) groups excluding carboxylic acids is 1. The van der Waals surface area contributed by atoms with Gasteiger partial charge in [-0.2, -0.15) is 0 Å². The Balaban J connectivity index is 1.59. The molecule has 0 spiro atoms. The predicted molar refractivity (Wildman–Crippen MR) is 114 cm³/mol. The zero-order valence-electron chi connectivity index (χ0n) is 16.6.